The van der Waals surface area contributed by atoms with Gasteiger partial charge < -0.3 is 10.4 Å². The zero-order valence-corrected chi connectivity index (χ0v) is 12.3. The van der Waals surface area contributed by atoms with Crippen molar-refractivity contribution in [3.8, 4) is 0 Å². The van der Waals surface area contributed by atoms with Gasteiger partial charge in [-0.25, -0.2) is 4.79 Å². The number of aliphatic carboxylic acids is 1. The number of aryl methyl sites for hydroxylation is 1. The molecule has 0 saturated heterocycles. The Hall–Kier alpha value is -1.70. The molecule has 110 valence electrons. The summed E-state index contributed by atoms with van der Waals surface area (Å²) in [5, 5.41) is 23.7. The van der Waals surface area contributed by atoms with Crippen molar-refractivity contribution in [3.05, 3.63) is 5.01 Å². The molecule has 1 saturated carbocycles. The topological polar surface area (TPSA) is 104 Å². The number of nitrogens with zero attached hydrogens (tertiary/aromatic N) is 2. The van der Waals surface area contributed by atoms with E-state index in [4.69, 9.17) is 0 Å². The van der Waals surface area contributed by atoms with Crippen LogP contribution in [0.2, 0.25) is 0 Å². The number of hydrogen-bond donors (Lipinski definition) is 3. The number of amides is 2. The predicted octanol–water partition coefficient (Wildman–Crippen LogP) is 1.87. The van der Waals surface area contributed by atoms with Crippen LogP contribution in [0.3, 0.4) is 0 Å². The van der Waals surface area contributed by atoms with E-state index in [-0.39, 0.29) is 6.04 Å². The van der Waals surface area contributed by atoms with Gasteiger partial charge in [0.15, 0.2) is 0 Å². The van der Waals surface area contributed by atoms with Crippen LogP contribution in [0.25, 0.3) is 0 Å². The molecule has 0 aromatic carbocycles. The fourth-order valence-electron chi connectivity index (χ4n) is 2.39. The summed E-state index contributed by atoms with van der Waals surface area (Å²) in [5.74, 6) is -0.871. The molecule has 2 unspecified atom stereocenters. The van der Waals surface area contributed by atoms with Gasteiger partial charge in [-0.3, -0.25) is 10.1 Å². The van der Waals surface area contributed by atoms with E-state index in [0.29, 0.717) is 18.0 Å². The van der Waals surface area contributed by atoms with Crippen LogP contribution in [-0.4, -0.2) is 33.3 Å². The highest BCUT2D eigenvalue weighted by Gasteiger charge is 2.45. The van der Waals surface area contributed by atoms with Gasteiger partial charge in [0.05, 0.1) is 5.41 Å². The summed E-state index contributed by atoms with van der Waals surface area (Å²) in [7, 11) is 0. The number of carboxylic acid groups (broad SMARTS) is 1. The number of urea groups is 1. The average molecular weight is 298 g/mol. The minimum atomic E-state index is -0.896. The zero-order chi connectivity index (χ0) is 14.8. The predicted molar refractivity (Wildman–Crippen MR) is 74.8 cm³/mol. The standard InChI is InChI=1S/C12H18N4O3S/c1-3-8-15-16-11(20-8)14-10(19)13-7-5-4-6-12(7,2)9(17)18/h7H,3-6H2,1-2H3,(H,17,18)(H2,13,14,16,19). The number of carbonyl (C=O) groups excluding carboxylic acids is 1. The average Bonchev–Trinajstić information content (AvgIpc) is 2.98. The molecule has 2 atom stereocenters. The van der Waals surface area contributed by atoms with Crippen LogP contribution in [0, 0.1) is 5.41 Å². The van der Waals surface area contributed by atoms with Gasteiger partial charge in [-0.2, -0.15) is 0 Å². The molecule has 2 rings (SSSR count). The summed E-state index contributed by atoms with van der Waals surface area (Å²) >= 11 is 1.31. The maximum absolute atomic E-state index is 11.9. The fourth-order valence-corrected chi connectivity index (χ4v) is 3.07. The van der Waals surface area contributed by atoms with E-state index in [1.54, 1.807) is 6.92 Å². The summed E-state index contributed by atoms with van der Waals surface area (Å²) in [6, 6.07) is -0.790. The SMILES string of the molecule is CCc1nnc(NC(=O)NC2CCCC2(C)C(=O)O)s1. The molecule has 1 heterocycles. The first-order chi connectivity index (χ1) is 9.45. The van der Waals surface area contributed by atoms with Gasteiger partial charge >= 0.3 is 12.0 Å². The molecule has 7 nitrogen and oxygen atoms in total. The quantitative estimate of drug-likeness (QED) is 0.787. The molecule has 3 N–H and O–H groups in total. The molecule has 20 heavy (non-hydrogen) atoms. The number of rotatable bonds is 4. The van der Waals surface area contributed by atoms with Crippen molar-refractivity contribution in [3.63, 3.8) is 0 Å². The molecule has 8 heteroatoms. The molecule has 1 aromatic rings. The molecular formula is C12H18N4O3S. The monoisotopic (exact) mass is 298 g/mol. The van der Waals surface area contributed by atoms with Crippen molar-refractivity contribution in [1.82, 2.24) is 15.5 Å². The molecule has 1 aliphatic rings. The van der Waals surface area contributed by atoms with Gasteiger partial charge in [-0.05, 0) is 26.2 Å². The number of anilines is 1. The first-order valence-corrected chi connectivity index (χ1v) is 7.40. The Bertz CT molecular complexity index is 519. The van der Waals surface area contributed by atoms with Gasteiger partial charge in [0.25, 0.3) is 0 Å². The van der Waals surface area contributed by atoms with Crippen LogP contribution in [0.1, 0.15) is 38.1 Å². The summed E-state index contributed by atoms with van der Waals surface area (Å²) in [6.45, 7) is 3.63. The van der Waals surface area contributed by atoms with E-state index in [2.05, 4.69) is 20.8 Å². The highest BCUT2D eigenvalue weighted by atomic mass is 32.1. The van der Waals surface area contributed by atoms with Crippen molar-refractivity contribution < 1.29 is 14.7 Å². The maximum atomic E-state index is 11.9. The van der Waals surface area contributed by atoms with Crippen LogP contribution >= 0.6 is 11.3 Å². The summed E-state index contributed by atoms with van der Waals surface area (Å²) < 4.78 is 0. The van der Waals surface area contributed by atoms with Gasteiger partial charge in [0.1, 0.15) is 5.01 Å². The van der Waals surface area contributed by atoms with Crippen molar-refractivity contribution >= 4 is 28.5 Å². The van der Waals surface area contributed by atoms with Gasteiger partial charge in [0, 0.05) is 6.04 Å². The van der Waals surface area contributed by atoms with Crippen molar-refractivity contribution in [2.45, 2.75) is 45.6 Å². The lowest BCUT2D eigenvalue weighted by molar-refractivity contribution is -0.148. The van der Waals surface area contributed by atoms with E-state index in [1.807, 2.05) is 6.92 Å². The number of carbonyl (C=O) groups is 2. The van der Waals surface area contributed by atoms with E-state index in [1.165, 1.54) is 11.3 Å². The summed E-state index contributed by atoms with van der Waals surface area (Å²) in [6.07, 6.45) is 2.81. The molecule has 1 fully saturated rings. The minimum absolute atomic E-state index is 0.362. The summed E-state index contributed by atoms with van der Waals surface area (Å²) in [4.78, 5) is 23.2. The number of hydrogen-bond acceptors (Lipinski definition) is 5. The second-order valence-corrected chi connectivity index (χ2v) is 6.18. The third kappa shape index (κ3) is 2.90. The second kappa shape index (κ2) is 5.74. The van der Waals surface area contributed by atoms with Crippen LogP contribution in [-0.2, 0) is 11.2 Å². The second-order valence-electron chi connectivity index (χ2n) is 5.12. The van der Waals surface area contributed by atoms with Crippen LogP contribution in [0.5, 0.6) is 0 Å². The third-order valence-corrected chi connectivity index (χ3v) is 4.72. The van der Waals surface area contributed by atoms with Crippen molar-refractivity contribution in [2.75, 3.05) is 5.32 Å². The normalized spacial score (nSPS) is 25.4. The Morgan fingerprint density at radius 1 is 1.50 bits per heavy atom. The van der Waals surface area contributed by atoms with Crippen LogP contribution < -0.4 is 10.6 Å². The fraction of sp³-hybridized carbons (Fsp3) is 0.667. The third-order valence-electron chi connectivity index (χ3n) is 3.74. The molecule has 0 aliphatic heterocycles. The van der Waals surface area contributed by atoms with Gasteiger partial charge in [-0.15, -0.1) is 10.2 Å². The molecule has 0 spiro atoms. The maximum Gasteiger partial charge on any atom is 0.321 e. The van der Waals surface area contributed by atoms with Crippen molar-refractivity contribution in [2.24, 2.45) is 5.41 Å². The smallest absolute Gasteiger partial charge is 0.321 e. The molecule has 0 radical (unpaired) electrons. The Labute approximate surface area is 120 Å². The number of carboxylic acids is 1. The van der Waals surface area contributed by atoms with E-state index in [9.17, 15) is 14.7 Å². The Morgan fingerprint density at radius 2 is 2.25 bits per heavy atom. The van der Waals surface area contributed by atoms with E-state index >= 15 is 0 Å². The number of nitrogens with one attached hydrogen (secondary N) is 2. The Balaban J connectivity index is 1.96. The minimum Gasteiger partial charge on any atom is -0.481 e. The van der Waals surface area contributed by atoms with Gasteiger partial charge in [0.2, 0.25) is 5.13 Å². The van der Waals surface area contributed by atoms with Gasteiger partial charge in [-0.1, -0.05) is 24.7 Å². The van der Waals surface area contributed by atoms with E-state index < -0.39 is 17.4 Å². The molecular weight excluding hydrogens is 280 g/mol. The molecule has 1 aromatic heterocycles. The largest absolute Gasteiger partial charge is 0.481 e. The van der Waals surface area contributed by atoms with E-state index in [0.717, 1.165) is 17.8 Å². The molecule has 0 bridgehead atoms. The highest BCUT2D eigenvalue weighted by Crippen LogP contribution is 2.38. The zero-order valence-electron chi connectivity index (χ0n) is 11.5. The van der Waals surface area contributed by atoms with Crippen LogP contribution in [0.15, 0.2) is 0 Å². The van der Waals surface area contributed by atoms with Crippen molar-refractivity contribution in [1.29, 1.82) is 0 Å². The number of aromatic nitrogens is 2. The lowest BCUT2D eigenvalue weighted by atomic mass is 9.85. The lowest BCUT2D eigenvalue weighted by Crippen LogP contribution is -2.48. The highest BCUT2D eigenvalue weighted by molar-refractivity contribution is 7.15. The molecule has 1 aliphatic carbocycles. The van der Waals surface area contributed by atoms with Crippen LogP contribution in [0.4, 0.5) is 9.93 Å². The molecule has 2 amide bonds. The lowest BCUT2D eigenvalue weighted by Gasteiger charge is -2.27. The Kier molecular flexibility index (Phi) is 4.22. The summed E-state index contributed by atoms with van der Waals surface area (Å²) in [5.41, 5.74) is -0.896. The Morgan fingerprint density at radius 3 is 2.85 bits per heavy atom. The first-order valence-electron chi connectivity index (χ1n) is 6.59. The first kappa shape index (κ1) is 14.7.